The number of aliphatic carboxylic acids is 1. The Morgan fingerprint density at radius 3 is 2.11 bits per heavy atom. The maximum atomic E-state index is 12.4. The first-order chi connectivity index (χ1) is 17.0. The molecular formula is C26H26O10. The molecule has 0 spiro atoms. The largest absolute Gasteiger partial charge is 0.508 e. The van der Waals surface area contributed by atoms with Gasteiger partial charge in [-0.15, -0.1) is 0 Å². The number of carbonyl (C=O) groups excluding carboxylic acids is 2. The molecule has 0 heterocycles. The van der Waals surface area contributed by atoms with Gasteiger partial charge in [-0.1, -0.05) is 12.1 Å². The summed E-state index contributed by atoms with van der Waals surface area (Å²) in [6.45, 7) is 1.68. The lowest BCUT2D eigenvalue weighted by molar-refractivity contribution is -0.192. The van der Waals surface area contributed by atoms with Crippen LogP contribution in [0.25, 0.3) is 12.2 Å². The summed E-state index contributed by atoms with van der Waals surface area (Å²) in [5.41, 5.74) is -0.545. The van der Waals surface area contributed by atoms with Crippen molar-refractivity contribution >= 4 is 30.1 Å². The third-order valence-corrected chi connectivity index (χ3v) is 5.67. The van der Waals surface area contributed by atoms with Gasteiger partial charge >= 0.3 is 17.9 Å². The summed E-state index contributed by atoms with van der Waals surface area (Å²) >= 11 is 0. The second-order valence-electron chi connectivity index (χ2n) is 8.54. The fraction of sp³-hybridized carbons (Fsp3) is 0.269. The quantitative estimate of drug-likeness (QED) is 0.217. The van der Waals surface area contributed by atoms with Crippen molar-refractivity contribution in [2.75, 3.05) is 0 Å². The molecule has 0 bridgehead atoms. The van der Waals surface area contributed by atoms with E-state index in [4.69, 9.17) is 9.47 Å². The van der Waals surface area contributed by atoms with Crippen molar-refractivity contribution in [2.24, 2.45) is 0 Å². The van der Waals surface area contributed by atoms with Crippen LogP contribution >= 0.6 is 0 Å². The van der Waals surface area contributed by atoms with Crippen molar-refractivity contribution in [3.05, 3.63) is 65.2 Å². The maximum absolute atomic E-state index is 12.4. The van der Waals surface area contributed by atoms with Crippen LogP contribution in [0.2, 0.25) is 0 Å². The predicted molar refractivity (Wildman–Crippen MR) is 127 cm³/mol. The molecule has 10 heteroatoms. The number of hydrogen-bond acceptors (Lipinski definition) is 9. The molecule has 0 aromatic heterocycles. The van der Waals surface area contributed by atoms with Crippen LogP contribution in [-0.4, -0.2) is 61.2 Å². The van der Waals surface area contributed by atoms with E-state index in [1.807, 2.05) is 0 Å². The van der Waals surface area contributed by atoms with Crippen LogP contribution in [0.5, 0.6) is 17.2 Å². The molecule has 3 atom stereocenters. The highest BCUT2D eigenvalue weighted by molar-refractivity contribution is 5.91. The molecule has 1 aliphatic rings. The van der Waals surface area contributed by atoms with Crippen molar-refractivity contribution in [1.82, 2.24) is 0 Å². The number of aliphatic hydroxyl groups excluding tert-OH is 1. The topological polar surface area (TPSA) is 171 Å². The minimum Gasteiger partial charge on any atom is -0.508 e. The summed E-state index contributed by atoms with van der Waals surface area (Å²) in [4.78, 5) is 36.8. The number of esters is 2. The van der Waals surface area contributed by atoms with Crippen LogP contribution < -0.4 is 0 Å². The van der Waals surface area contributed by atoms with E-state index in [2.05, 4.69) is 0 Å². The van der Waals surface area contributed by atoms with E-state index < -0.39 is 35.7 Å². The van der Waals surface area contributed by atoms with Gasteiger partial charge < -0.3 is 35.0 Å². The number of rotatable bonds is 7. The molecule has 190 valence electrons. The Labute approximate surface area is 206 Å². The number of carboxylic acids is 1. The summed E-state index contributed by atoms with van der Waals surface area (Å²) in [6, 6.07) is 8.56. The highest BCUT2D eigenvalue weighted by Gasteiger charge is 2.50. The number of aryl methyl sites for hydroxylation is 1. The molecule has 0 saturated heterocycles. The van der Waals surface area contributed by atoms with Gasteiger partial charge in [0.2, 0.25) is 5.60 Å². The van der Waals surface area contributed by atoms with E-state index in [0.717, 1.165) is 12.2 Å². The van der Waals surface area contributed by atoms with Gasteiger partial charge in [-0.2, -0.15) is 0 Å². The normalized spacial score (nSPS) is 21.9. The van der Waals surface area contributed by atoms with E-state index >= 15 is 0 Å². The van der Waals surface area contributed by atoms with Gasteiger partial charge in [-0.25, -0.2) is 14.4 Å². The van der Waals surface area contributed by atoms with Crippen molar-refractivity contribution in [1.29, 1.82) is 0 Å². The van der Waals surface area contributed by atoms with Crippen LogP contribution in [0.4, 0.5) is 0 Å². The molecule has 0 aliphatic heterocycles. The lowest BCUT2D eigenvalue weighted by Gasteiger charge is -2.38. The Morgan fingerprint density at radius 1 is 0.889 bits per heavy atom. The zero-order valence-electron chi connectivity index (χ0n) is 19.3. The summed E-state index contributed by atoms with van der Waals surface area (Å²) < 4.78 is 10.5. The Hall–Kier alpha value is -4.31. The predicted octanol–water partition coefficient (Wildman–Crippen LogP) is 2.66. The van der Waals surface area contributed by atoms with E-state index in [9.17, 15) is 39.9 Å². The van der Waals surface area contributed by atoms with Gasteiger partial charge in [0.15, 0.2) is 11.5 Å². The second-order valence-corrected chi connectivity index (χ2v) is 8.54. The molecule has 0 unspecified atom stereocenters. The smallest absolute Gasteiger partial charge is 0.348 e. The van der Waals surface area contributed by atoms with E-state index in [1.165, 1.54) is 36.4 Å². The molecule has 2 aromatic rings. The first-order valence-electron chi connectivity index (χ1n) is 11.0. The van der Waals surface area contributed by atoms with Crippen molar-refractivity contribution in [2.45, 2.75) is 44.0 Å². The second kappa shape index (κ2) is 11.0. The van der Waals surface area contributed by atoms with Gasteiger partial charge in [0.05, 0.1) is 6.10 Å². The number of carbonyl (C=O) groups is 3. The average Bonchev–Trinajstić information content (AvgIpc) is 2.80. The molecule has 1 fully saturated rings. The number of phenolic OH excluding ortho intramolecular Hbond substituents is 3. The Balaban J connectivity index is 1.68. The zero-order valence-corrected chi connectivity index (χ0v) is 19.3. The maximum Gasteiger partial charge on any atom is 0.348 e. The molecule has 0 amide bonds. The van der Waals surface area contributed by atoms with Crippen LogP contribution in [-0.2, 0) is 23.9 Å². The molecule has 2 aromatic carbocycles. The summed E-state index contributed by atoms with van der Waals surface area (Å²) in [5.74, 6) is -3.89. The van der Waals surface area contributed by atoms with Crippen LogP contribution in [0, 0.1) is 6.92 Å². The number of aromatic hydroxyl groups is 3. The molecule has 10 nitrogen and oxygen atoms in total. The fourth-order valence-electron chi connectivity index (χ4n) is 3.88. The Kier molecular flexibility index (Phi) is 8.00. The van der Waals surface area contributed by atoms with Crippen LogP contribution in [0.15, 0.2) is 48.6 Å². The number of phenols is 3. The highest BCUT2D eigenvalue weighted by atomic mass is 16.6. The molecule has 36 heavy (non-hydrogen) atoms. The van der Waals surface area contributed by atoms with E-state index in [-0.39, 0.29) is 36.5 Å². The van der Waals surface area contributed by atoms with Crippen LogP contribution in [0.1, 0.15) is 36.0 Å². The lowest BCUT2D eigenvalue weighted by atomic mass is 9.81. The number of benzene rings is 2. The van der Waals surface area contributed by atoms with Gasteiger partial charge in [0.25, 0.3) is 0 Å². The first kappa shape index (κ1) is 26.3. The minimum atomic E-state index is -2.11. The molecule has 5 N–H and O–H groups in total. The molecule has 1 aliphatic carbocycles. The van der Waals surface area contributed by atoms with Gasteiger partial charge in [0, 0.05) is 31.4 Å². The molecule has 0 radical (unpaired) electrons. The fourth-order valence-corrected chi connectivity index (χ4v) is 3.88. The molecule has 3 rings (SSSR count). The number of aliphatic hydroxyl groups is 1. The summed E-state index contributed by atoms with van der Waals surface area (Å²) in [6.07, 6.45) is 1.75. The molecular weight excluding hydrogens is 472 g/mol. The third kappa shape index (κ3) is 6.63. The standard InChI is InChI=1S/C26H26O10/c1-15-10-16(2-6-20(15)28)5-9-24(32)36-26(25(33)34)13-18(27)12-19(14-26)35-23(31)8-4-17-3-7-21(29)22(30)11-17/h2-11,18-19,27-30H,12-14H2,1H3,(H,33,34)/b8-4+,9-5+/t18-,19-,26+/m0/s1. The minimum absolute atomic E-state index is 0.0468. The molecule has 1 saturated carbocycles. The lowest BCUT2D eigenvalue weighted by Crippen LogP contribution is -2.52. The highest BCUT2D eigenvalue weighted by Crippen LogP contribution is 2.35. The van der Waals surface area contributed by atoms with E-state index in [0.29, 0.717) is 16.7 Å². The monoisotopic (exact) mass is 498 g/mol. The van der Waals surface area contributed by atoms with Crippen molar-refractivity contribution in [3.63, 3.8) is 0 Å². The Morgan fingerprint density at radius 2 is 1.50 bits per heavy atom. The number of ether oxygens (including phenoxy) is 2. The SMILES string of the molecule is Cc1cc(/C=C/C(=O)O[C@]2(C(=O)O)C[C@@H](O)C[C@H](OC(=O)/C=C/c3ccc(O)c(O)c3)C2)ccc1O. The van der Waals surface area contributed by atoms with Gasteiger partial charge in [-0.3, -0.25) is 0 Å². The Bertz CT molecular complexity index is 1220. The number of carboxylic acid groups (broad SMARTS) is 1. The van der Waals surface area contributed by atoms with Crippen molar-refractivity contribution in [3.8, 4) is 17.2 Å². The zero-order chi connectivity index (χ0) is 26.5. The van der Waals surface area contributed by atoms with Gasteiger partial charge in [-0.05, 0) is 60.0 Å². The van der Waals surface area contributed by atoms with Gasteiger partial charge in [0.1, 0.15) is 11.9 Å². The van der Waals surface area contributed by atoms with Crippen LogP contribution in [0.3, 0.4) is 0 Å². The first-order valence-corrected chi connectivity index (χ1v) is 11.0. The van der Waals surface area contributed by atoms with E-state index in [1.54, 1.807) is 19.1 Å². The third-order valence-electron chi connectivity index (χ3n) is 5.67. The summed E-state index contributed by atoms with van der Waals surface area (Å²) in [5, 5.41) is 48.5. The number of hydrogen-bond donors (Lipinski definition) is 5. The van der Waals surface area contributed by atoms with Crippen molar-refractivity contribution < 1.29 is 49.4 Å². The summed E-state index contributed by atoms with van der Waals surface area (Å²) in [7, 11) is 0. The average molecular weight is 498 g/mol.